The van der Waals surface area contributed by atoms with E-state index >= 15 is 0 Å². The molecule has 0 aliphatic heterocycles. The topological polar surface area (TPSA) is 32.3 Å². The lowest BCUT2D eigenvalue weighted by Crippen LogP contribution is -2.40. The molecule has 1 atom stereocenters. The Morgan fingerprint density at radius 2 is 1.81 bits per heavy atom. The Kier molecular flexibility index (Phi) is 4.38. The van der Waals surface area contributed by atoms with Crippen molar-refractivity contribution in [3.63, 3.8) is 0 Å². The Hall–Kier alpha value is -1.00. The van der Waals surface area contributed by atoms with Crippen molar-refractivity contribution in [3.05, 3.63) is 35.4 Å². The van der Waals surface area contributed by atoms with Gasteiger partial charge in [-0.3, -0.25) is 0 Å². The predicted molar refractivity (Wildman–Crippen MR) is 59.1 cm³/mol. The third-order valence-electron chi connectivity index (χ3n) is 2.68. The highest BCUT2D eigenvalue weighted by Gasteiger charge is 2.25. The number of aliphatic hydroxyl groups is 1. The number of benzene rings is 1. The molecule has 0 spiro atoms. The maximum atomic E-state index is 13.1. The molecule has 0 aromatic heterocycles. The van der Waals surface area contributed by atoms with Gasteiger partial charge >= 0.3 is 0 Å². The summed E-state index contributed by atoms with van der Waals surface area (Å²) in [5.41, 5.74) is -0.0900. The number of hydrogen-bond donors (Lipinski definition) is 2. The van der Waals surface area contributed by atoms with Crippen molar-refractivity contribution in [2.75, 3.05) is 13.2 Å². The Bertz CT molecular complexity index is 329. The maximum absolute atomic E-state index is 13.1. The van der Waals surface area contributed by atoms with Gasteiger partial charge in [-0.15, -0.1) is 0 Å². The van der Waals surface area contributed by atoms with Crippen molar-refractivity contribution in [1.29, 1.82) is 0 Å². The normalized spacial score (nSPS) is 14.8. The average molecular weight is 229 g/mol. The molecular weight excluding hydrogens is 212 g/mol. The fraction of sp³-hybridized carbons (Fsp3) is 0.500. The summed E-state index contributed by atoms with van der Waals surface area (Å²) in [6.45, 7) is 4.35. The minimum absolute atomic E-state index is 0.0400. The van der Waals surface area contributed by atoms with Crippen LogP contribution < -0.4 is 5.32 Å². The van der Waals surface area contributed by atoms with Gasteiger partial charge in [-0.2, -0.15) is 0 Å². The van der Waals surface area contributed by atoms with Crippen LogP contribution in [0.1, 0.15) is 25.8 Å². The van der Waals surface area contributed by atoms with Crippen LogP contribution in [0.4, 0.5) is 8.78 Å². The second-order valence-electron chi connectivity index (χ2n) is 3.99. The van der Waals surface area contributed by atoms with Crippen LogP contribution in [-0.4, -0.2) is 18.3 Å². The lowest BCUT2D eigenvalue weighted by Gasteiger charge is -2.30. The zero-order chi connectivity index (χ0) is 12.2. The van der Waals surface area contributed by atoms with Crippen molar-refractivity contribution < 1.29 is 13.9 Å². The molecule has 0 heterocycles. The summed E-state index contributed by atoms with van der Waals surface area (Å²) in [4.78, 5) is 0. The van der Waals surface area contributed by atoms with E-state index in [9.17, 15) is 8.78 Å². The largest absolute Gasteiger partial charge is 0.396 e. The summed E-state index contributed by atoms with van der Waals surface area (Å²) < 4.78 is 26.2. The predicted octanol–water partition coefficient (Wildman–Crippen LogP) is 2.17. The number of rotatable bonds is 5. The highest BCUT2D eigenvalue weighted by Crippen LogP contribution is 2.25. The fourth-order valence-corrected chi connectivity index (χ4v) is 1.82. The molecule has 0 saturated heterocycles. The molecule has 16 heavy (non-hydrogen) atoms. The van der Waals surface area contributed by atoms with E-state index in [1.807, 2.05) is 13.8 Å². The summed E-state index contributed by atoms with van der Waals surface area (Å²) in [5.74, 6) is -1.20. The van der Waals surface area contributed by atoms with Crippen LogP contribution in [0, 0.1) is 11.6 Å². The van der Waals surface area contributed by atoms with Crippen molar-refractivity contribution in [2.45, 2.75) is 25.8 Å². The highest BCUT2D eigenvalue weighted by molar-refractivity contribution is 5.25. The SMILES string of the molecule is CCNC(C)(CCO)c1cc(F)cc(F)c1. The number of hydrogen-bond acceptors (Lipinski definition) is 2. The standard InChI is InChI=1S/C12H17F2NO/c1-3-15-12(2,4-5-16)9-6-10(13)8-11(14)7-9/h6-8,15-16H,3-5H2,1-2H3. The molecule has 1 aromatic rings. The summed E-state index contributed by atoms with van der Waals surface area (Å²) in [5, 5.41) is 12.1. The summed E-state index contributed by atoms with van der Waals surface area (Å²) in [7, 11) is 0. The zero-order valence-electron chi connectivity index (χ0n) is 9.56. The molecule has 0 saturated carbocycles. The maximum Gasteiger partial charge on any atom is 0.126 e. The van der Waals surface area contributed by atoms with E-state index in [-0.39, 0.29) is 6.61 Å². The molecule has 0 bridgehead atoms. The van der Waals surface area contributed by atoms with Crippen LogP contribution >= 0.6 is 0 Å². The van der Waals surface area contributed by atoms with Crippen molar-refractivity contribution in [3.8, 4) is 0 Å². The monoisotopic (exact) mass is 229 g/mol. The molecule has 2 nitrogen and oxygen atoms in total. The van der Waals surface area contributed by atoms with E-state index < -0.39 is 17.2 Å². The van der Waals surface area contributed by atoms with E-state index in [1.165, 1.54) is 12.1 Å². The third-order valence-corrected chi connectivity index (χ3v) is 2.68. The summed E-state index contributed by atoms with van der Waals surface area (Å²) >= 11 is 0. The first-order valence-electron chi connectivity index (χ1n) is 5.34. The molecule has 1 rings (SSSR count). The molecule has 2 N–H and O–H groups in total. The van der Waals surface area contributed by atoms with Crippen molar-refractivity contribution in [2.24, 2.45) is 0 Å². The van der Waals surface area contributed by atoms with Crippen molar-refractivity contribution >= 4 is 0 Å². The second-order valence-corrected chi connectivity index (χ2v) is 3.99. The first-order chi connectivity index (χ1) is 7.51. The first kappa shape index (κ1) is 13.1. The molecule has 0 fully saturated rings. The van der Waals surface area contributed by atoms with Gasteiger partial charge in [0.05, 0.1) is 0 Å². The lowest BCUT2D eigenvalue weighted by molar-refractivity contribution is 0.222. The van der Waals surface area contributed by atoms with Crippen LogP contribution in [0.2, 0.25) is 0 Å². The molecule has 0 radical (unpaired) electrons. The van der Waals surface area contributed by atoms with E-state index in [0.717, 1.165) is 6.07 Å². The number of nitrogens with one attached hydrogen (secondary N) is 1. The quantitative estimate of drug-likeness (QED) is 0.811. The molecule has 90 valence electrons. The van der Waals surface area contributed by atoms with Crippen LogP contribution in [0.3, 0.4) is 0 Å². The van der Waals surface area contributed by atoms with E-state index in [1.54, 1.807) is 0 Å². The van der Waals surface area contributed by atoms with Crippen LogP contribution in [0.15, 0.2) is 18.2 Å². The van der Waals surface area contributed by atoms with Gasteiger partial charge in [0.25, 0.3) is 0 Å². The smallest absolute Gasteiger partial charge is 0.126 e. The van der Waals surface area contributed by atoms with E-state index in [0.29, 0.717) is 18.5 Å². The van der Waals surface area contributed by atoms with Gasteiger partial charge in [0.2, 0.25) is 0 Å². The van der Waals surface area contributed by atoms with Gasteiger partial charge in [-0.25, -0.2) is 8.78 Å². The van der Waals surface area contributed by atoms with Crippen LogP contribution in [-0.2, 0) is 5.54 Å². The lowest BCUT2D eigenvalue weighted by atomic mass is 9.88. The minimum Gasteiger partial charge on any atom is -0.396 e. The molecule has 0 amide bonds. The molecule has 4 heteroatoms. The van der Waals surface area contributed by atoms with E-state index in [4.69, 9.17) is 5.11 Å². The number of aliphatic hydroxyl groups excluding tert-OH is 1. The van der Waals surface area contributed by atoms with Gasteiger partial charge in [0.15, 0.2) is 0 Å². The fourth-order valence-electron chi connectivity index (χ4n) is 1.82. The van der Waals surface area contributed by atoms with Crippen LogP contribution in [0.5, 0.6) is 0 Å². The van der Waals surface area contributed by atoms with E-state index in [2.05, 4.69) is 5.32 Å². The first-order valence-corrected chi connectivity index (χ1v) is 5.34. The Morgan fingerprint density at radius 3 is 2.25 bits per heavy atom. The average Bonchev–Trinajstić information content (AvgIpc) is 2.16. The van der Waals surface area contributed by atoms with Gasteiger partial charge in [-0.05, 0) is 37.6 Å². The van der Waals surface area contributed by atoms with Gasteiger partial charge in [0, 0.05) is 18.2 Å². The summed E-state index contributed by atoms with van der Waals surface area (Å²) in [6, 6.07) is 3.43. The Morgan fingerprint density at radius 1 is 1.25 bits per heavy atom. The number of halogens is 2. The van der Waals surface area contributed by atoms with Crippen molar-refractivity contribution in [1.82, 2.24) is 5.32 Å². The minimum atomic E-state index is -0.605. The Balaban J connectivity index is 3.09. The molecule has 0 aliphatic rings. The highest BCUT2D eigenvalue weighted by atomic mass is 19.1. The third kappa shape index (κ3) is 3.00. The summed E-state index contributed by atoms with van der Waals surface area (Å²) in [6.07, 6.45) is 0.406. The molecule has 1 unspecified atom stereocenters. The van der Waals surface area contributed by atoms with Gasteiger partial charge in [-0.1, -0.05) is 6.92 Å². The zero-order valence-corrected chi connectivity index (χ0v) is 9.56. The second kappa shape index (κ2) is 5.37. The van der Waals surface area contributed by atoms with Crippen LogP contribution in [0.25, 0.3) is 0 Å². The van der Waals surface area contributed by atoms with Gasteiger partial charge < -0.3 is 10.4 Å². The molecule has 1 aromatic carbocycles. The van der Waals surface area contributed by atoms with Gasteiger partial charge in [0.1, 0.15) is 11.6 Å². The molecule has 0 aliphatic carbocycles. The molecular formula is C12H17F2NO. The Labute approximate surface area is 94.3 Å².